The molecule has 0 heterocycles. The third-order valence-corrected chi connectivity index (χ3v) is 6.80. The summed E-state index contributed by atoms with van der Waals surface area (Å²) in [6, 6.07) is 14.3. The van der Waals surface area contributed by atoms with E-state index >= 15 is 0 Å². The van der Waals surface area contributed by atoms with Crippen molar-refractivity contribution in [1.82, 2.24) is 0 Å². The van der Waals surface area contributed by atoms with Gasteiger partial charge in [0, 0.05) is 0 Å². The van der Waals surface area contributed by atoms with Crippen LogP contribution in [0.2, 0.25) is 0 Å². The standard InChI is InChI=1S/C29H38O2/c1-3-5-6-7-8-10-23-13-17-25(18-14-23)28-21-26(19-20-27(28)29(30)31)24-15-11-22(9-4-2)12-16-24/h8,10,13-14,17-22,24H,3-7,9,11-12,15-16H2,1-2H3,(H,30,31)/b10-8+. The number of carboxylic acids is 1. The molecular formula is C29H38O2. The van der Waals surface area contributed by atoms with Crippen molar-refractivity contribution in [3.05, 3.63) is 65.2 Å². The zero-order chi connectivity index (χ0) is 22.1. The van der Waals surface area contributed by atoms with Crippen molar-refractivity contribution in [1.29, 1.82) is 0 Å². The maximum absolute atomic E-state index is 11.9. The summed E-state index contributed by atoms with van der Waals surface area (Å²) in [5.74, 6) is 0.578. The summed E-state index contributed by atoms with van der Waals surface area (Å²) in [4.78, 5) is 11.9. The summed E-state index contributed by atoms with van der Waals surface area (Å²) < 4.78 is 0. The number of unbranched alkanes of at least 4 members (excludes halogenated alkanes) is 3. The summed E-state index contributed by atoms with van der Waals surface area (Å²) in [5, 5.41) is 9.75. The van der Waals surface area contributed by atoms with Crippen LogP contribution in [-0.2, 0) is 0 Å². The average molecular weight is 419 g/mol. The minimum atomic E-state index is -0.854. The van der Waals surface area contributed by atoms with Gasteiger partial charge in [0.05, 0.1) is 5.56 Å². The Balaban J connectivity index is 1.76. The fourth-order valence-corrected chi connectivity index (χ4v) is 4.94. The summed E-state index contributed by atoms with van der Waals surface area (Å²) in [7, 11) is 0. The van der Waals surface area contributed by atoms with Crippen LogP contribution in [0.5, 0.6) is 0 Å². The Hall–Kier alpha value is -2.35. The van der Waals surface area contributed by atoms with Gasteiger partial charge in [-0.15, -0.1) is 0 Å². The van der Waals surface area contributed by atoms with Crippen molar-refractivity contribution in [2.24, 2.45) is 5.92 Å². The first-order valence-electron chi connectivity index (χ1n) is 12.3. The van der Waals surface area contributed by atoms with E-state index in [0.29, 0.717) is 11.5 Å². The van der Waals surface area contributed by atoms with Gasteiger partial charge in [0.1, 0.15) is 0 Å². The van der Waals surface area contributed by atoms with Gasteiger partial charge in [-0.05, 0) is 78.7 Å². The third kappa shape index (κ3) is 6.56. The Morgan fingerprint density at radius 1 is 0.968 bits per heavy atom. The average Bonchev–Trinajstić information content (AvgIpc) is 2.80. The Labute approximate surface area is 188 Å². The topological polar surface area (TPSA) is 37.3 Å². The van der Waals surface area contributed by atoms with Gasteiger partial charge in [0.15, 0.2) is 0 Å². The lowest BCUT2D eigenvalue weighted by atomic mass is 9.76. The molecule has 0 amide bonds. The first kappa shape index (κ1) is 23.3. The molecule has 1 aliphatic carbocycles. The van der Waals surface area contributed by atoms with Crippen LogP contribution >= 0.6 is 0 Å². The van der Waals surface area contributed by atoms with Crippen molar-refractivity contribution in [3.63, 3.8) is 0 Å². The van der Waals surface area contributed by atoms with Crippen LogP contribution in [0.4, 0.5) is 0 Å². The van der Waals surface area contributed by atoms with E-state index in [9.17, 15) is 9.90 Å². The lowest BCUT2D eigenvalue weighted by molar-refractivity contribution is 0.0697. The molecule has 1 fully saturated rings. The van der Waals surface area contributed by atoms with Crippen molar-refractivity contribution in [3.8, 4) is 11.1 Å². The van der Waals surface area contributed by atoms with E-state index in [-0.39, 0.29) is 0 Å². The zero-order valence-electron chi connectivity index (χ0n) is 19.3. The van der Waals surface area contributed by atoms with E-state index in [4.69, 9.17) is 0 Å². The summed E-state index contributed by atoms with van der Waals surface area (Å²) in [6.45, 7) is 4.50. The molecule has 0 saturated heterocycles. The van der Waals surface area contributed by atoms with Crippen LogP contribution in [-0.4, -0.2) is 11.1 Å². The number of hydrogen-bond donors (Lipinski definition) is 1. The van der Waals surface area contributed by atoms with Crippen LogP contribution in [0.15, 0.2) is 48.5 Å². The zero-order valence-corrected chi connectivity index (χ0v) is 19.3. The van der Waals surface area contributed by atoms with Gasteiger partial charge in [-0.3, -0.25) is 0 Å². The molecule has 2 nitrogen and oxygen atoms in total. The maximum Gasteiger partial charge on any atom is 0.336 e. The third-order valence-electron chi connectivity index (χ3n) is 6.80. The highest BCUT2D eigenvalue weighted by atomic mass is 16.4. The van der Waals surface area contributed by atoms with Crippen molar-refractivity contribution < 1.29 is 9.90 Å². The molecule has 1 aliphatic rings. The van der Waals surface area contributed by atoms with Crippen LogP contribution in [0.1, 0.15) is 105 Å². The SMILES string of the molecule is CCCCC/C=C/c1ccc(-c2cc(C3CCC(CCC)CC3)ccc2C(=O)O)cc1. The highest BCUT2D eigenvalue weighted by molar-refractivity contribution is 5.96. The van der Waals surface area contributed by atoms with E-state index in [1.165, 1.54) is 68.9 Å². The number of aromatic carboxylic acids is 1. The van der Waals surface area contributed by atoms with Gasteiger partial charge in [-0.25, -0.2) is 4.79 Å². The van der Waals surface area contributed by atoms with Crippen LogP contribution in [0.25, 0.3) is 17.2 Å². The number of hydrogen-bond acceptors (Lipinski definition) is 1. The highest BCUT2D eigenvalue weighted by Gasteiger charge is 2.23. The molecule has 2 aromatic carbocycles. The molecule has 1 N–H and O–H groups in total. The largest absolute Gasteiger partial charge is 0.478 e. The first-order chi connectivity index (χ1) is 15.1. The van der Waals surface area contributed by atoms with E-state index in [2.05, 4.69) is 56.3 Å². The minimum absolute atomic E-state index is 0.395. The number of allylic oxidation sites excluding steroid dienone is 1. The summed E-state index contributed by atoms with van der Waals surface area (Å²) >= 11 is 0. The van der Waals surface area contributed by atoms with Crippen LogP contribution in [0, 0.1) is 5.92 Å². The van der Waals surface area contributed by atoms with Crippen LogP contribution < -0.4 is 0 Å². The smallest absolute Gasteiger partial charge is 0.336 e. The van der Waals surface area contributed by atoms with Crippen molar-refractivity contribution >= 4 is 12.0 Å². The monoisotopic (exact) mass is 418 g/mol. The summed E-state index contributed by atoms with van der Waals surface area (Å²) in [5.41, 5.74) is 4.70. The number of rotatable bonds is 10. The molecule has 0 aromatic heterocycles. The fraction of sp³-hybridized carbons (Fsp3) is 0.483. The maximum atomic E-state index is 11.9. The lowest BCUT2D eigenvalue weighted by Gasteiger charge is -2.29. The van der Waals surface area contributed by atoms with Gasteiger partial charge in [-0.1, -0.05) is 88.1 Å². The quantitative estimate of drug-likeness (QED) is 0.392. The Bertz CT molecular complexity index is 855. The van der Waals surface area contributed by atoms with Gasteiger partial charge in [0.25, 0.3) is 0 Å². The normalized spacial score (nSPS) is 19.0. The predicted molar refractivity (Wildman–Crippen MR) is 132 cm³/mol. The van der Waals surface area contributed by atoms with E-state index < -0.39 is 5.97 Å². The highest BCUT2D eigenvalue weighted by Crippen LogP contribution is 2.39. The molecule has 31 heavy (non-hydrogen) atoms. The van der Waals surface area contributed by atoms with Crippen molar-refractivity contribution in [2.75, 3.05) is 0 Å². The second kappa shape index (κ2) is 11.9. The van der Waals surface area contributed by atoms with Gasteiger partial charge < -0.3 is 5.11 Å². The lowest BCUT2D eigenvalue weighted by Crippen LogP contribution is -2.13. The van der Waals surface area contributed by atoms with Crippen molar-refractivity contribution in [2.45, 2.75) is 84.0 Å². The van der Waals surface area contributed by atoms with E-state index in [1.807, 2.05) is 12.1 Å². The summed E-state index contributed by atoms with van der Waals surface area (Å²) in [6.07, 6.45) is 16.9. The first-order valence-corrected chi connectivity index (χ1v) is 12.3. The second-order valence-electron chi connectivity index (χ2n) is 9.14. The molecule has 0 radical (unpaired) electrons. The molecule has 0 spiro atoms. The molecular weight excluding hydrogens is 380 g/mol. The van der Waals surface area contributed by atoms with E-state index in [0.717, 1.165) is 23.5 Å². The second-order valence-corrected chi connectivity index (χ2v) is 9.14. The van der Waals surface area contributed by atoms with Crippen LogP contribution in [0.3, 0.4) is 0 Å². The number of carboxylic acid groups (broad SMARTS) is 1. The predicted octanol–water partition coefficient (Wildman–Crippen LogP) is 8.72. The molecule has 0 atom stereocenters. The van der Waals surface area contributed by atoms with Gasteiger partial charge >= 0.3 is 5.97 Å². The molecule has 3 rings (SSSR count). The number of carbonyl (C=O) groups is 1. The Morgan fingerprint density at radius 2 is 1.71 bits per heavy atom. The minimum Gasteiger partial charge on any atom is -0.478 e. The molecule has 1 saturated carbocycles. The molecule has 2 heteroatoms. The van der Waals surface area contributed by atoms with Gasteiger partial charge in [-0.2, -0.15) is 0 Å². The molecule has 2 aromatic rings. The fourth-order valence-electron chi connectivity index (χ4n) is 4.94. The molecule has 0 bridgehead atoms. The molecule has 0 unspecified atom stereocenters. The Kier molecular flexibility index (Phi) is 8.94. The van der Waals surface area contributed by atoms with Gasteiger partial charge in [0.2, 0.25) is 0 Å². The molecule has 166 valence electrons. The van der Waals surface area contributed by atoms with E-state index in [1.54, 1.807) is 0 Å². The number of benzene rings is 2. The molecule has 0 aliphatic heterocycles. The Morgan fingerprint density at radius 3 is 2.35 bits per heavy atom.